The minimum absolute atomic E-state index is 0.369. The van der Waals surface area contributed by atoms with E-state index in [4.69, 9.17) is 0 Å². The summed E-state index contributed by atoms with van der Waals surface area (Å²) in [5.41, 5.74) is 1.25. The molecule has 88 valence electrons. The molecule has 0 saturated carbocycles. The lowest BCUT2D eigenvalue weighted by atomic mass is 9.86. The molecule has 1 heterocycles. The number of rotatable bonds is 3. The van der Waals surface area contributed by atoms with E-state index in [2.05, 4.69) is 0 Å². The van der Waals surface area contributed by atoms with Crippen LogP contribution in [0.3, 0.4) is 0 Å². The Hall–Kier alpha value is -1.92. The summed E-state index contributed by atoms with van der Waals surface area (Å²) in [4.78, 5) is 20.9. The second kappa shape index (κ2) is 4.30. The third-order valence-electron chi connectivity index (χ3n) is 2.66. The number of hydrogen-bond donors (Lipinski definition) is 0. The Bertz CT molecular complexity index is 368. The van der Waals surface area contributed by atoms with Gasteiger partial charge in [0.25, 0.3) is 0 Å². The van der Waals surface area contributed by atoms with Gasteiger partial charge in [-0.15, -0.1) is 0 Å². The molecule has 1 aliphatic rings. The van der Waals surface area contributed by atoms with Gasteiger partial charge < -0.3 is 0 Å². The largest absolute Gasteiger partial charge is 0.264 e. The molecule has 0 aromatic heterocycles. The van der Waals surface area contributed by atoms with Crippen LogP contribution in [0.1, 0.15) is 20.8 Å². The van der Waals surface area contributed by atoms with Gasteiger partial charge in [0.15, 0.2) is 5.03 Å². The quantitative estimate of drug-likeness (QED) is 0.539. The van der Waals surface area contributed by atoms with Crippen molar-refractivity contribution in [2.24, 2.45) is 5.92 Å². The van der Waals surface area contributed by atoms with Crippen LogP contribution in [-0.2, 0) is 0 Å². The Morgan fingerprint density at radius 1 is 1.25 bits per heavy atom. The lowest BCUT2D eigenvalue weighted by Gasteiger charge is -2.24. The molecule has 7 heteroatoms. The highest BCUT2D eigenvalue weighted by molar-refractivity contribution is 5.23. The van der Waals surface area contributed by atoms with Crippen molar-refractivity contribution in [3.05, 3.63) is 43.8 Å². The molecule has 0 fully saturated rings. The van der Waals surface area contributed by atoms with Crippen molar-refractivity contribution in [2.75, 3.05) is 0 Å². The summed E-state index contributed by atoms with van der Waals surface area (Å²) in [6, 6.07) is -0.776. The maximum atomic E-state index is 10.7. The van der Waals surface area contributed by atoms with Crippen molar-refractivity contribution < 1.29 is 9.96 Å². The molecular formula is C9H13N3O4. The van der Waals surface area contributed by atoms with Crippen LogP contribution >= 0.6 is 0 Å². The van der Waals surface area contributed by atoms with Crippen LogP contribution < -0.4 is 0 Å². The summed E-state index contributed by atoms with van der Waals surface area (Å²) in [6.45, 7) is 4.83. The Kier molecular flexibility index (Phi) is 3.26. The first-order valence-electron chi connectivity index (χ1n) is 4.77. The first kappa shape index (κ1) is 12.2. The van der Waals surface area contributed by atoms with Gasteiger partial charge in [-0.25, -0.2) is 10.1 Å². The van der Waals surface area contributed by atoms with Gasteiger partial charge >= 0.3 is 0 Å². The fourth-order valence-corrected chi connectivity index (χ4v) is 1.95. The SMILES string of the molecule is CC1=CN([N+](=O)[O-])C=C(C)C1C(C)[N+](=O)[O-]. The third kappa shape index (κ3) is 2.18. The van der Waals surface area contributed by atoms with E-state index < -0.39 is 11.1 Å². The van der Waals surface area contributed by atoms with Gasteiger partial charge in [0.2, 0.25) is 6.04 Å². The molecule has 16 heavy (non-hydrogen) atoms. The van der Waals surface area contributed by atoms with Crippen LogP contribution in [0.5, 0.6) is 0 Å². The lowest BCUT2D eigenvalue weighted by Crippen LogP contribution is -2.33. The molecule has 0 saturated heterocycles. The van der Waals surface area contributed by atoms with Crippen molar-refractivity contribution >= 4 is 0 Å². The standard InChI is InChI=1S/C9H13N3O4/c1-6-4-10(12(15)16)5-7(2)9(6)8(3)11(13)14/h4-5,8-9H,1-3H3. The average Bonchev–Trinajstić information content (AvgIpc) is 2.15. The van der Waals surface area contributed by atoms with E-state index in [-0.39, 0.29) is 10.8 Å². The molecule has 0 radical (unpaired) electrons. The normalized spacial score (nSPS) is 18.8. The summed E-state index contributed by atoms with van der Waals surface area (Å²) in [5, 5.41) is 21.5. The molecule has 0 bridgehead atoms. The summed E-state index contributed by atoms with van der Waals surface area (Å²) >= 11 is 0. The van der Waals surface area contributed by atoms with E-state index in [0.717, 1.165) is 5.01 Å². The molecule has 1 aliphatic heterocycles. The molecule has 1 atom stereocenters. The van der Waals surface area contributed by atoms with Crippen molar-refractivity contribution in [3.8, 4) is 0 Å². The Morgan fingerprint density at radius 3 is 2.00 bits per heavy atom. The highest BCUT2D eigenvalue weighted by Crippen LogP contribution is 2.29. The van der Waals surface area contributed by atoms with Crippen molar-refractivity contribution in [2.45, 2.75) is 26.8 Å². The minimum atomic E-state index is -0.776. The molecule has 0 N–H and O–H groups in total. The Labute approximate surface area is 92.3 Å². The van der Waals surface area contributed by atoms with E-state index >= 15 is 0 Å². The fourth-order valence-electron chi connectivity index (χ4n) is 1.95. The second-order valence-electron chi connectivity index (χ2n) is 3.87. The molecule has 0 aliphatic carbocycles. The van der Waals surface area contributed by atoms with E-state index in [9.17, 15) is 20.2 Å². The third-order valence-corrected chi connectivity index (χ3v) is 2.66. The topological polar surface area (TPSA) is 89.5 Å². The lowest BCUT2D eigenvalue weighted by molar-refractivity contribution is -0.625. The zero-order valence-corrected chi connectivity index (χ0v) is 9.28. The van der Waals surface area contributed by atoms with E-state index in [0.29, 0.717) is 11.1 Å². The minimum Gasteiger partial charge on any atom is -0.264 e. The van der Waals surface area contributed by atoms with Crippen molar-refractivity contribution in [1.82, 2.24) is 5.01 Å². The summed E-state index contributed by atoms with van der Waals surface area (Å²) in [6.07, 6.45) is 2.63. The number of nitro groups is 2. The molecule has 0 aromatic carbocycles. The van der Waals surface area contributed by atoms with Crippen LogP contribution in [0, 0.1) is 26.1 Å². The van der Waals surface area contributed by atoms with Gasteiger partial charge in [0.1, 0.15) is 0 Å². The molecular weight excluding hydrogens is 214 g/mol. The van der Waals surface area contributed by atoms with Crippen LogP contribution in [0.15, 0.2) is 23.5 Å². The van der Waals surface area contributed by atoms with Crippen LogP contribution in [0.25, 0.3) is 0 Å². The molecule has 1 rings (SSSR count). The van der Waals surface area contributed by atoms with Gasteiger partial charge in [-0.3, -0.25) is 10.1 Å². The van der Waals surface area contributed by atoms with Crippen LogP contribution in [-0.4, -0.2) is 21.0 Å². The summed E-state index contributed by atoms with van der Waals surface area (Å²) < 4.78 is 0. The first-order valence-corrected chi connectivity index (χ1v) is 4.77. The van der Waals surface area contributed by atoms with Crippen molar-refractivity contribution in [1.29, 1.82) is 0 Å². The second-order valence-corrected chi connectivity index (χ2v) is 3.87. The maximum absolute atomic E-state index is 10.7. The van der Waals surface area contributed by atoms with Gasteiger partial charge in [-0.2, -0.15) is 0 Å². The number of hydrogen-bond acceptors (Lipinski definition) is 4. The highest BCUT2D eigenvalue weighted by Gasteiger charge is 2.33. The first-order chi connectivity index (χ1) is 7.34. The fraction of sp³-hybridized carbons (Fsp3) is 0.556. The summed E-state index contributed by atoms with van der Waals surface area (Å²) in [5.74, 6) is -0.369. The van der Waals surface area contributed by atoms with E-state index in [1.165, 1.54) is 19.3 Å². The van der Waals surface area contributed by atoms with Crippen LogP contribution in [0.4, 0.5) is 0 Å². The monoisotopic (exact) mass is 227 g/mol. The van der Waals surface area contributed by atoms with Gasteiger partial charge in [0.05, 0.1) is 18.3 Å². The van der Waals surface area contributed by atoms with E-state index in [1.54, 1.807) is 13.8 Å². The maximum Gasteiger partial charge on any atom is 0.220 e. The number of nitrogens with zero attached hydrogens (tertiary/aromatic N) is 3. The molecule has 7 nitrogen and oxygen atoms in total. The van der Waals surface area contributed by atoms with Gasteiger partial charge in [-0.05, 0) is 25.0 Å². The number of hydrazine groups is 1. The predicted octanol–water partition coefficient (Wildman–Crippen LogP) is 1.58. The molecule has 0 aromatic rings. The Balaban J connectivity index is 3.01. The predicted molar refractivity (Wildman–Crippen MR) is 56.3 cm³/mol. The molecule has 1 unspecified atom stereocenters. The highest BCUT2D eigenvalue weighted by atomic mass is 16.7. The molecule has 0 spiro atoms. The zero-order chi connectivity index (χ0) is 12.5. The van der Waals surface area contributed by atoms with Gasteiger partial charge in [-0.1, -0.05) is 5.01 Å². The van der Waals surface area contributed by atoms with Crippen LogP contribution in [0.2, 0.25) is 0 Å². The zero-order valence-electron chi connectivity index (χ0n) is 9.28. The average molecular weight is 227 g/mol. The molecule has 0 amide bonds. The Morgan fingerprint density at radius 2 is 1.69 bits per heavy atom. The van der Waals surface area contributed by atoms with Gasteiger partial charge in [0, 0.05) is 11.8 Å². The van der Waals surface area contributed by atoms with E-state index in [1.807, 2.05) is 0 Å². The summed E-state index contributed by atoms with van der Waals surface area (Å²) in [7, 11) is 0. The van der Waals surface area contributed by atoms with Crippen molar-refractivity contribution in [3.63, 3.8) is 0 Å². The smallest absolute Gasteiger partial charge is 0.220 e.